The van der Waals surface area contributed by atoms with Crippen molar-refractivity contribution in [2.24, 2.45) is 0 Å². The molecule has 2 rings (SSSR count). The van der Waals surface area contributed by atoms with Crippen LogP contribution in [0.15, 0.2) is 18.2 Å². The molecule has 0 saturated carbocycles. The molecule has 1 aromatic carbocycles. The van der Waals surface area contributed by atoms with Crippen LogP contribution < -0.4 is 5.73 Å². The first kappa shape index (κ1) is 12.2. The maximum absolute atomic E-state index is 13.3. The van der Waals surface area contributed by atoms with E-state index < -0.39 is 0 Å². The molecule has 1 aromatic heterocycles. The van der Waals surface area contributed by atoms with Crippen LogP contribution in [0.4, 0.5) is 10.3 Å². The van der Waals surface area contributed by atoms with Gasteiger partial charge in [0.2, 0.25) is 5.95 Å². The van der Waals surface area contributed by atoms with E-state index in [1.807, 2.05) is 4.57 Å². The number of anilines is 1. The molecule has 0 aliphatic rings. The summed E-state index contributed by atoms with van der Waals surface area (Å²) in [5.74, 6) is 0.174. The molecule has 1 heterocycles. The fourth-order valence-corrected chi connectivity index (χ4v) is 1.98. The number of fused-ring (bicyclic) bond motifs is 1. The molecule has 3 nitrogen and oxygen atoms in total. The van der Waals surface area contributed by atoms with Gasteiger partial charge in [0.15, 0.2) is 0 Å². The molecular weight excluding hydrogens is 237 g/mol. The Hall–Kier alpha value is -1.23. The molecule has 0 saturated heterocycles. The van der Waals surface area contributed by atoms with Crippen LogP contribution >= 0.6 is 11.8 Å². The van der Waals surface area contributed by atoms with Crippen molar-refractivity contribution in [2.45, 2.75) is 25.1 Å². The van der Waals surface area contributed by atoms with Gasteiger partial charge in [-0.25, -0.2) is 9.37 Å². The molecule has 17 heavy (non-hydrogen) atoms. The van der Waals surface area contributed by atoms with Gasteiger partial charge in [-0.1, -0.05) is 0 Å². The number of thioether (sulfide) groups is 1. The first-order chi connectivity index (χ1) is 7.93. The van der Waals surface area contributed by atoms with Crippen LogP contribution in [0.1, 0.15) is 13.8 Å². The van der Waals surface area contributed by atoms with Gasteiger partial charge in [0.1, 0.15) is 5.82 Å². The topological polar surface area (TPSA) is 43.8 Å². The van der Waals surface area contributed by atoms with Crippen molar-refractivity contribution in [1.29, 1.82) is 0 Å². The van der Waals surface area contributed by atoms with E-state index in [0.29, 0.717) is 12.5 Å². The van der Waals surface area contributed by atoms with Gasteiger partial charge in [0.05, 0.1) is 11.0 Å². The van der Waals surface area contributed by atoms with Crippen LogP contribution in [0.5, 0.6) is 0 Å². The number of benzene rings is 1. The van der Waals surface area contributed by atoms with Gasteiger partial charge in [-0.2, -0.15) is 11.8 Å². The average Bonchev–Trinajstić information content (AvgIpc) is 2.56. The molecule has 0 amide bonds. The van der Waals surface area contributed by atoms with Crippen molar-refractivity contribution >= 4 is 28.7 Å². The fraction of sp³-hybridized carbons (Fsp3) is 0.417. The zero-order chi connectivity index (χ0) is 12.6. The van der Waals surface area contributed by atoms with E-state index in [-0.39, 0.29) is 10.6 Å². The average molecular weight is 253 g/mol. The van der Waals surface area contributed by atoms with E-state index in [4.69, 9.17) is 5.73 Å². The quantitative estimate of drug-likeness (QED) is 0.914. The molecule has 2 aromatic rings. The minimum absolute atomic E-state index is 0.0358. The fourth-order valence-electron chi connectivity index (χ4n) is 1.73. The maximum Gasteiger partial charge on any atom is 0.201 e. The molecule has 0 bridgehead atoms. The molecule has 0 unspecified atom stereocenters. The summed E-state index contributed by atoms with van der Waals surface area (Å²) in [4.78, 5) is 4.24. The molecule has 0 radical (unpaired) electrons. The van der Waals surface area contributed by atoms with Gasteiger partial charge in [0.25, 0.3) is 0 Å². The largest absolute Gasteiger partial charge is 0.369 e. The van der Waals surface area contributed by atoms with Crippen LogP contribution in [0.25, 0.3) is 11.0 Å². The Bertz CT molecular complexity index is 548. The lowest BCUT2D eigenvalue weighted by Crippen LogP contribution is -2.23. The predicted octanol–water partition coefficient (Wildman–Crippen LogP) is 2.90. The van der Waals surface area contributed by atoms with Crippen molar-refractivity contribution in [3.63, 3.8) is 0 Å². The smallest absolute Gasteiger partial charge is 0.201 e. The van der Waals surface area contributed by atoms with Gasteiger partial charge >= 0.3 is 0 Å². The molecule has 0 aliphatic carbocycles. The molecule has 0 spiro atoms. The van der Waals surface area contributed by atoms with Gasteiger partial charge in [-0.3, -0.25) is 0 Å². The SMILES string of the molecule is CSC(C)(C)Cn1c(N)nc2ccc(F)cc21. The second-order valence-corrected chi connectivity index (χ2v) is 6.17. The minimum atomic E-state index is -0.263. The Kier molecular flexibility index (Phi) is 3.03. The summed E-state index contributed by atoms with van der Waals surface area (Å²) >= 11 is 1.75. The lowest BCUT2D eigenvalue weighted by molar-refractivity contribution is 0.583. The Morgan fingerprint density at radius 3 is 2.82 bits per heavy atom. The lowest BCUT2D eigenvalue weighted by atomic mass is 10.2. The van der Waals surface area contributed by atoms with E-state index >= 15 is 0 Å². The highest BCUT2D eigenvalue weighted by atomic mass is 32.2. The molecule has 0 atom stereocenters. The minimum Gasteiger partial charge on any atom is -0.369 e. The summed E-state index contributed by atoms with van der Waals surface area (Å²) < 4.78 is 15.2. The first-order valence-electron chi connectivity index (χ1n) is 5.39. The van der Waals surface area contributed by atoms with Gasteiger partial charge in [-0.05, 0) is 38.3 Å². The summed E-state index contributed by atoms with van der Waals surface area (Å²) in [5, 5.41) is 0. The van der Waals surface area contributed by atoms with Crippen LogP contribution in [0, 0.1) is 5.82 Å². The number of nitrogen functional groups attached to an aromatic ring is 1. The van der Waals surface area contributed by atoms with Crippen LogP contribution in [-0.4, -0.2) is 20.6 Å². The van der Waals surface area contributed by atoms with Crippen LogP contribution in [0.2, 0.25) is 0 Å². The summed E-state index contributed by atoms with van der Waals surface area (Å²) in [6.07, 6.45) is 2.05. The lowest BCUT2D eigenvalue weighted by Gasteiger charge is -2.23. The Labute approximate surface area is 104 Å². The highest BCUT2D eigenvalue weighted by molar-refractivity contribution is 7.99. The summed E-state index contributed by atoms with van der Waals surface area (Å²) in [6.45, 7) is 4.96. The number of halogens is 1. The number of rotatable bonds is 3. The zero-order valence-corrected chi connectivity index (χ0v) is 11.0. The molecule has 92 valence electrons. The standard InChI is InChI=1S/C12H16FN3S/c1-12(2,17-3)7-16-10-6-8(13)4-5-9(10)15-11(16)14/h4-6H,7H2,1-3H3,(H2,14,15). The van der Waals surface area contributed by atoms with Crippen molar-refractivity contribution in [1.82, 2.24) is 9.55 Å². The third-order valence-corrected chi connectivity index (χ3v) is 4.07. The van der Waals surface area contributed by atoms with Gasteiger partial charge in [0, 0.05) is 11.3 Å². The number of imidazole rings is 1. The molecular formula is C12H16FN3S. The summed E-state index contributed by atoms with van der Waals surface area (Å²) in [7, 11) is 0. The number of nitrogens with two attached hydrogens (primary N) is 1. The van der Waals surface area contributed by atoms with E-state index in [0.717, 1.165) is 11.0 Å². The zero-order valence-electron chi connectivity index (χ0n) is 10.2. The van der Waals surface area contributed by atoms with Crippen molar-refractivity contribution < 1.29 is 4.39 Å². The Balaban J connectivity index is 2.52. The van der Waals surface area contributed by atoms with E-state index in [9.17, 15) is 4.39 Å². The molecule has 0 fully saturated rings. The summed E-state index contributed by atoms with van der Waals surface area (Å²) in [6, 6.07) is 4.54. The van der Waals surface area contributed by atoms with E-state index in [2.05, 4.69) is 25.1 Å². The Morgan fingerprint density at radius 2 is 2.18 bits per heavy atom. The Morgan fingerprint density at radius 1 is 1.47 bits per heavy atom. The monoisotopic (exact) mass is 253 g/mol. The molecule has 0 aliphatic heterocycles. The molecule has 2 N–H and O–H groups in total. The highest BCUT2D eigenvalue weighted by Crippen LogP contribution is 2.27. The van der Waals surface area contributed by atoms with Gasteiger partial charge in [-0.15, -0.1) is 0 Å². The number of hydrogen-bond acceptors (Lipinski definition) is 3. The first-order valence-corrected chi connectivity index (χ1v) is 6.62. The van der Waals surface area contributed by atoms with E-state index in [1.54, 1.807) is 17.8 Å². The number of nitrogens with zero attached hydrogens (tertiary/aromatic N) is 2. The number of aromatic nitrogens is 2. The molecule has 5 heteroatoms. The second-order valence-electron chi connectivity index (χ2n) is 4.65. The third kappa shape index (κ3) is 2.39. The second kappa shape index (κ2) is 4.22. The van der Waals surface area contributed by atoms with E-state index in [1.165, 1.54) is 12.1 Å². The predicted molar refractivity (Wildman–Crippen MR) is 71.7 cm³/mol. The van der Waals surface area contributed by atoms with Crippen LogP contribution in [-0.2, 0) is 6.54 Å². The third-order valence-electron chi connectivity index (χ3n) is 2.83. The highest BCUT2D eigenvalue weighted by Gasteiger charge is 2.20. The van der Waals surface area contributed by atoms with Crippen molar-refractivity contribution in [2.75, 3.05) is 12.0 Å². The van der Waals surface area contributed by atoms with Crippen LogP contribution in [0.3, 0.4) is 0 Å². The summed E-state index contributed by atoms with van der Waals surface area (Å²) in [5.41, 5.74) is 7.38. The normalized spacial score (nSPS) is 12.2. The van der Waals surface area contributed by atoms with Crippen molar-refractivity contribution in [3.8, 4) is 0 Å². The maximum atomic E-state index is 13.3. The van der Waals surface area contributed by atoms with Gasteiger partial charge < -0.3 is 10.3 Å². The number of hydrogen-bond donors (Lipinski definition) is 1. The van der Waals surface area contributed by atoms with Crippen molar-refractivity contribution in [3.05, 3.63) is 24.0 Å².